The summed E-state index contributed by atoms with van der Waals surface area (Å²) in [5, 5.41) is 3.43. The number of benzene rings is 1. The van der Waals surface area contributed by atoms with Crippen LogP contribution in [0.2, 0.25) is 0 Å². The number of anilines is 1. The fraction of sp³-hybridized carbons (Fsp3) is 0.625. The van der Waals surface area contributed by atoms with Crippen LogP contribution in [0.25, 0.3) is 0 Å². The predicted molar refractivity (Wildman–Crippen MR) is 80.8 cm³/mol. The molecule has 0 amide bonds. The number of morpholine rings is 1. The molecule has 1 aromatic carbocycles. The van der Waals surface area contributed by atoms with Gasteiger partial charge in [0.05, 0.1) is 18.9 Å². The van der Waals surface area contributed by atoms with Crippen molar-refractivity contribution in [1.82, 2.24) is 5.32 Å². The normalized spacial score (nSPS) is 17.2. The molecule has 0 spiro atoms. The van der Waals surface area contributed by atoms with Gasteiger partial charge in [-0.1, -0.05) is 19.4 Å². The van der Waals surface area contributed by atoms with Crippen LogP contribution in [0, 0.1) is 5.82 Å². The third-order valence-electron chi connectivity index (χ3n) is 3.80. The first kappa shape index (κ1) is 15.3. The van der Waals surface area contributed by atoms with Crippen LogP contribution >= 0.6 is 0 Å². The standard InChI is InChI=1S/C16H25FN2O/c1-3-4-7-18-13(2)14-5-6-16(15(17)12-14)19-8-10-20-11-9-19/h5-6,12-13,18H,3-4,7-11H2,1-2H3/t13-/m0/s1. The predicted octanol–water partition coefficient (Wildman–Crippen LogP) is 3.11. The van der Waals surface area contributed by atoms with E-state index in [1.807, 2.05) is 12.1 Å². The molecule has 1 N–H and O–H groups in total. The molecule has 0 aliphatic carbocycles. The van der Waals surface area contributed by atoms with Crippen molar-refractivity contribution in [3.8, 4) is 0 Å². The fourth-order valence-electron chi connectivity index (χ4n) is 2.47. The third kappa shape index (κ3) is 3.93. The minimum absolute atomic E-state index is 0.131. The topological polar surface area (TPSA) is 24.5 Å². The minimum Gasteiger partial charge on any atom is -0.378 e. The average Bonchev–Trinajstić information content (AvgIpc) is 2.48. The molecular formula is C16H25FN2O. The van der Waals surface area contributed by atoms with Gasteiger partial charge in [0.1, 0.15) is 5.82 Å². The highest BCUT2D eigenvalue weighted by molar-refractivity contribution is 5.49. The summed E-state index contributed by atoms with van der Waals surface area (Å²) < 4.78 is 19.6. The van der Waals surface area contributed by atoms with Gasteiger partial charge in [0, 0.05) is 19.1 Å². The summed E-state index contributed by atoms with van der Waals surface area (Å²) in [5.41, 5.74) is 1.70. The molecule has 4 heteroatoms. The molecule has 1 heterocycles. The van der Waals surface area contributed by atoms with Crippen molar-refractivity contribution in [1.29, 1.82) is 0 Å². The van der Waals surface area contributed by atoms with E-state index in [1.54, 1.807) is 6.07 Å². The van der Waals surface area contributed by atoms with Crippen molar-refractivity contribution in [2.75, 3.05) is 37.7 Å². The number of ether oxygens (including phenoxy) is 1. The number of nitrogens with one attached hydrogen (secondary N) is 1. The molecule has 0 unspecified atom stereocenters. The zero-order valence-electron chi connectivity index (χ0n) is 12.5. The molecule has 1 aliphatic heterocycles. The number of halogens is 1. The second kappa shape index (κ2) is 7.60. The van der Waals surface area contributed by atoms with Crippen LogP contribution in [-0.2, 0) is 4.74 Å². The van der Waals surface area contributed by atoms with E-state index in [2.05, 4.69) is 24.1 Å². The maximum atomic E-state index is 14.3. The van der Waals surface area contributed by atoms with Crippen molar-refractivity contribution in [3.05, 3.63) is 29.6 Å². The lowest BCUT2D eigenvalue weighted by molar-refractivity contribution is 0.122. The summed E-state index contributed by atoms with van der Waals surface area (Å²) in [6.07, 6.45) is 2.32. The van der Waals surface area contributed by atoms with Crippen LogP contribution in [0.15, 0.2) is 18.2 Å². The molecule has 1 aliphatic rings. The Kier molecular flexibility index (Phi) is 5.80. The maximum absolute atomic E-state index is 14.3. The quantitative estimate of drug-likeness (QED) is 0.810. The molecule has 1 saturated heterocycles. The highest BCUT2D eigenvalue weighted by atomic mass is 19.1. The molecular weight excluding hydrogens is 255 g/mol. The Bertz CT molecular complexity index is 419. The summed E-state index contributed by atoms with van der Waals surface area (Å²) in [5.74, 6) is -0.131. The summed E-state index contributed by atoms with van der Waals surface area (Å²) in [7, 11) is 0. The zero-order chi connectivity index (χ0) is 14.4. The second-order valence-electron chi connectivity index (χ2n) is 5.34. The Morgan fingerprint density at radius 1 is 1.35 bits per heavy atom. The van der Waals surface area contributed by atoms with Crippen LogP contribution in [-0.4, -0.2) is 32.8 Å². The fourth-order valence-corrected chi connectivity index (χ4v) is 2.47. The van der Waals surface area contributed by atoms with Gasteiger partial charge in [-0.25, -0.2) is 4.39 Å². The van der Waals surface area contributed by atoms with Gasteiger partial charge in [0.15, 0.2) is 0 Å². The van der Waals surface area contributed by atoms with Gasteiger partial charge < -0.3 is 15.0 Å². The molecule has 3 nitrogen and oxygen atoms in total. The van der Waals surface area contributed by atoms with Crippen LogP contribution in [0.5, 0.6) is 0 Å². The van der Waals surface area contributed by atoms with Crippen molar-refractivity contribution in [3.63, 3.8) is 0 Å². The molecule has 0 saturated carbocycles. The Labute approximate surface area is 121 Å². The molecule has 0 aromatic heterocycles. The van der Waals surface area contributed by atoms with Crippen molar-refractivity contribution in [2.45, 2.75) is 32.7 Å². The monoisotopic (exact) mass is 280 g/mol. The van der Waals surface area contributed by atoms with Gasteiger partial charge >= 0.3 is 0 Å². The highest BCUT2D eigenvalue weighted by Crippen LogP contribution is 2.24. The molecule has 2 rings (SSSR count). The smallest absolute Gasteiger partial charge is 0.146 e. The molecule has 0 bridgehead atoms. The molecule has 1 atom stereocenters. The molecule has 1 fully saturated rings. The first-order valence-electron chi connectivity index (χ1n) is 7.58. The van der Waals surface area contributed by atoms with Gasteiger partial charge in [0.25, 0.3) is 0 Å². The van der Waals surface area contributed by atoms with Crippen LogP contribution in [0.1, 0.15) is 38.3 Å². The van der Waals surface area contributed by atoms with Gasteiger partial charge in [-0.3, -0.25) is 0 Å². The van der Waals surface area contributed by atoms with E-state index in [0.717, 1.165) is 31.6 Å². The van der Waals surface area contributed by atoms with Crippen LogP contribution < -0.4 is 10.2 Å². The van der Waals surface area contributed by atoms with Gasteiger partial charge in [0.2, 0.25) is 0 Å². The maximum Gasteiger partial charge on any atom is 0.146 e. The Morgan fingerprint density at radius 2 is 2.10 bits per heavy atom. The molecule has 112 valence electrons. The average molecular weight is 280 g/mol. The summed E-state index contributed by atoms with van der Waals surface area (Å²) in [6, 6.07) is 5.77. The van der Waals surface area contributed by atoms with Gasteiger partial charge in [-0.15, -0.1) is 0 Å². The van der Waals surface area contributed by atoms with E-state index in [9.17, 15) is 4.39 Å². The van der Waals surface area contributed by atoms with Crippen LogP contribution in [0.3, 0.4) is 0 Å². The van der Waals surface area contributed by atoms with E-state index in [4.69, 9.17) is 4.74 Å². The largest absolute Gasteiger partial charge is 0.378 e. The van der Waals surface area contributed by atoms with E-state index >= 15 is 0 Å². The van der Waals surface area contributed by atoms with Gasteiger partial charge in [-0.2, -0.15) is 0 Å². The number of hydrogen-bond acceptors (Lipinski definition) is 3. The highest BCUT2D eigenvalue weighted by Gasteiger charge is 2.16. The molecule has 1 aromatic rings. The van der Waals surface area contributed by atoms with Crippen molar-refractivity contribution in [2.24, 2.45) is 0 Å². The minimum atomic E-state index is -0.131. The van der Waals surface area contributed by atoms with Gasteiger partial charge in [-0.05, 0) is 37.6 Å². The molecule has 20 heavy (non-hydrogen) atoms. The Balaban J connectivity index is 2.01. The summed E-state index contributed by atoms with van der Waals surface area (Å²) in [4.78, 5) is 2.05. The second-order valence-corrected chi connectivity index (χ2v) is 5.34. The lowest BCUT2D eigenvalue weighted by Gasteiger charge is -2.29. The van der Waals surface area contributed by atoms with Crippen molar-refractivity contribution < 1.29 is 9.13 Å². The van der Waals surface area contributed by atoms with E-state index in [0.29, 0.717) is 18.9 Å². The number of unbranched alkanes of at least 4 members (excludes halogenated alkanes) is 1. The van der Waals surface area contributed by atoms with E-state index < -0.39 is 0 Å². The number of nitrogens with zero attached hydrogens (tertiary/aromatic N) is 1. The Morgan fingerprint density at radius 3 is 2.75 bits per heavy atom. The lowest BCUT2D eigenvalue weighted by Crippen LogP contribution is -2.36. The first-order valence-corrected chi connectivity index (χ1v) is 7.58. The van der Waals surface area contributed by atoms with Crippen molar-refractivity contribution >= 4 is 5.69 Å². The molecule has 0 radical (unpaired) electrons. The SMILES string of the molecule is CCCCN[C@@H](C)c1ccc(N2CCOCC2)c(F)c1. The lowest BCUT2D eigenvalue weighted by atomic mass is 10.1. The van der Waals surface area contributed by atoms with E-state index in [1.165, 1.54) is 6.42 Å². The zero-order valence-corrected chi connectivity index (χ0v) is 12.5. The number of hydrogen-bond donors (Lipinski definition) is 1. The third-order valence-corrected chi connectivity index (χ3v) is 3.80. The summed E-state index contributed by atoms with van der Waals surface area (Å²) >= 11 is 0. The first-order chi connectivity index (χ1) is 9.72. The summed E-state index contributed by atoms with van der Waals surface area (Å²) in [6.45, 7) is 8.11. The van der Waals surface area contributed by atoms with Crippen LogP contribution in [0.4, 0.5) is 10.1 Å². The van der Waals surface area contributed by atoms with E-state index in [-0.39, 0.29) is 11.9 Å². The number of rotatable bonds is 6. The Hall–Kier alpha value is -1.13.